The molecule has 0 rings (SSSR count). The van der Waals surface area contributed by atoms with Gasteiger partial charge in [0.1, 0.15) is 0 Å². The summed E-state index contributed by atoms with van der Waals surface area (Å²) in [6, 6.07) is 0. The van der Waals surface area contributed by atoms with Gasteiger partial charge < -0.3 is 5.32 Å². The summed E-state index contributed by atoms with van der Waals surface area (Å²) in [4.78, 5) is 9.98. The predicted molar refractivity (Wildman–Crippen MR) is 28.7 cm³/mol. The van der Waals surface area contributed by atoms with E-state index in [1.807, 2.05) is 6.92 Å². The smallest absolute Gasteiger partial charge is 0.220 e. The lowest BCUT2D eigenvalue weighted by molar-refractivity contribution is -0.116. The summed E-state index contributed by atoms with van der Waals surface area (Å²) in [6.07, 6.45) is 0.973. The third-order valence-corrected chi connectivity index (χ3v) is 0.572. The molecule has 0 atom stereocenters. The van der Waals surface area contributed by atoms with Crippen molar-refractivity contribution in [3.63, 3.8) is 0 Å². The molecular formula is C5H10NO. The molecule has 0 aliphatic heterocycles. The molecule has 1 N–H and O–H groups in total. The first-order valence-electron chi connectivity index (χ1n) is 2.37. The highest BCUT2D eigenvalue weighted by atomic mass is 16.1. The van der Waals surface area contributed by atoms with Crippen LogP contribution >= 0.6 is 0 Å². The van der Waals surface area contributed by atoms with Crippen LogP contribution in [0.15, 0.2) is 0 Å². The zero-order chi connectivity index (χ0) is 5.70. The van der Waals surface area contributed by atoms with E-state index in [1.165, 1.54) is 0 Å². The van der Waals surface area contributed by atoms with Crippen LogP contribution < -0.4 is 5.32 Å². The van der Waals surface area contributed by atoms with Crippen LogP contribution in [0.1, 0.15) is 13.3 Å². The maximum absolute atomic E-state index is 9.98. The Kier molecular flexibility index (Phi) is 3.38. The Morgan fingerprint density at radius 1 is 1.86 bits per heavy atom. The largest absolute Gasteiger partial charge is 0.356 e. The van der Waals surface area contributed by atoms with Crippen molar-refractivity contribution in [2.45, 2.75) is 13.3 Å². The highest BCUT2D eigenvalue weighted by Gasteiger charge is 1.83. The van der Waals surface area contributed by atoms with Crippen molar-refractivity contribution in [1.82, 2.24) is 5.32 Å². The van der Waals surface area contributed by atoms with Crippen molar-refractivity contribution in [2.24, 2.45) is 0 Å². The summed E-state index contributed by atoms with van der Waals surface area (Å²) in [5.74, 6) is -0.193. The fourth-order valence-corrected chi connectivity index (χ4v) is 0.264. The van der Waals surface area contributed by atoms with Crippen LogP contribution in [0.4, 0.5) is 0 Å². The number of hydrogen-bond donors (Lipinski definition) is 1. The van der Waals surface area contributed by atoms with Crippen molar-refractivity contribution in [1.29, 1.82) is 0 Å². The Morgan fingerprint density at radius 3 is 2.57 bits per heavy atom. The van der Waals surface area contributed by atoms with Crippen molar-refractivity contribution in [2.75, 3.05) is 6.54 Å². The summed E-state index contributed by atoms with van der Waals surface area (Å²) in [5, 5.41) is 2.55. The minimum absolute atomic E-state index is 0.193. The van der Waals surface area contributed by atoms with Crippen LogP contribution in [-0.4, -0.2) is 12.5 Å². The Bertz CT molecular complexity index is 61.1. The number of hydrogen-bond acceptors (Lipinski definition) is 1. The van der Waals surface area contributed by atoms with Crippen LogP contribution in [0.25, 0.3) is 0 Å². The predicted octanol–water partition coefficient (Wildman–Crippen LogP) is 0.347. The van der Waals surface area contributed by atoms with Crippen molar-refractivity contribution in [3.8, 4) is 0 Å². The van der Waals surface area contributed by atoms with Gasteiger partial charge in [-0.3, -0.25) is 4.79 Å². The molecule has 0 aromatic heterocycles. The molecule has 0 aromatic rings. The fraction of sp³-hybridized carbons (Fsp3) is 0.600. The van der Waals surface area contributed by atoms with E-state index >= 15 is 0 Å². The van der Waals surface area contributed by atoms with E-state index in [2.05, 4.69) is 12.2 Å². The van der Waals surface area contributed by atoms with Gasteiger partial charge in [0, 0.05) is 13.5 Å². The molecule has 0 saturated heterocycles. The fourth-order valence-electron chi connectivity index (χ4n) is 0.264. The molecule has 0 aliphatic carbocycles. The molecule has 7 heavy (non-hydrogen) atoms. The molecule has 41 valence electrons. The van der Waals surface area contributed by atoms with E-state index in [4.69, 9.17) is 0 Å². The lowest BCUT2D eigenvalue weighted by Gasteiger charge is -1.93. The molecule has 0 bridgehead atoms. The first-order chi connectivity index (χ1) is 3.27. The van der Waals surface area contributed by atoms with E-state index in [9.17, 15) is 4.79 Å². The average molecular weight is 100 g/mol. The van der Waals surface area contributed by atoms with Gasteiger partial charge in [-0.05, 0) is 6.42 Å². The summed E-state index contributed by atoms with van der Waals surface area (Å²) < 4.78 is 0. The second kappa shape index (κ2) is 3.65. The first kappa shape index (κ1) is 6.47. The van der Waals surface area contributed by atoms with Crippen molar-refractivity contribution in [3.05, 3.63) is 6.92 Å². The molecular weight excluding hydrogens is 90.1 g/mol. The summed E-state index contributed by atoms with van der Waals surface area (Å²) in [6.45, 7) is 5.86. The monoisotopic (exact) mass is 100 g/mol. The van der Waals surface area contributed by atoms with Crippen LogP contribution in [0.2, 0.25) is 0 Å². The van der Waals surface area contributed by atoms with Gasteiger partial charge in [0.15, 0.2) is 0 Å². The molecule has 0 aliphatic rings. The van der Waals surface area contributed by atoms with Gasteiger partial charge in [0.25, 0.3) is 0 Å². The minimum atomic E-state index is -0.193. The molecule has 0 unspecified atom stereocenters. The Morgan fingerprint density at radius 2 is 2.43 bits per heavy atom. The van der Waals surface area contributed by atoms with E-state index < -0.39 is 0 Å². The highest BCUT2D eigenvalue weighted by molar-refractivity contribution is 5.79. The lowest BCUT2D eigenvalue weighted by Crippen LogP contribution is -2.20. The standard InChI is InChI=1S/C5H10NO/c1-3-4-6-5(2)7/h2-4H2,1H3,(H,6,7). The van der Waals surface area contributed by atoms with E-state index in [0.717, 1.165) is 13.0 Å². The molecule has 1 radical (unpaired) electrons. The normalized spacial score (nSPS) is 8.29. The third-order valence-electron chi connectivity index (χ3n) is 0.572. The number of rotatable bonds is 2. The van der Waals surface area contributed by atoms with Crippen molar-refractivity contribution >= 4 is 5.91 Å². The van der Waals surface area contributed by atoms with Gasteiger partial charge in [-0.15, -0.1) is 0 Å². The maximum Gasteiger partial charge on any atom is 0.220 e. The third kappa shape index (κ3) is 5.47. The van der Waals surface area contributed by atoms with Crippen LogP contribution in [0.5, 0.6) is 0 Å². The second-order valence-corrected chi connectivity index (χ2v) is 1.35. The van der Waals surface area contributed by atoms with Gasteiger partial charge in [0.2, 0.25) is 5.91 Å². The topological polar surface area (TPSA) is 29.1 Å². The molecule has 0 fully saturated rings. The molecule has 2 nitrogen and oxygen atoms in total. The van der Waals surface area contributed by atoms with Crippen LogP contribution in [-0.2, 0) is 4.79 Å². The van der Waals surface area contributed by atoms with Crippen LogP contribution in [0, 0.1) is 6.92 Å². The number of carbonyl (C=O) groups is 1. The molecule has 0 aromatic carbocycles. The number of carbonyl (C=O) groups excluding carboxylic acids is 1. The number of amides is 1. The Hall–Kier alpha value is -0.530. The summed E-state index contributed by atoms with van der Waals surface area (Å²) >= 11 is 0. The Balaban J connectivity index is 2.82. The maximum atomic E-state index is 9.98. The molecule has 0 saturated carbocycles. The van der Waals surface area contributed by atoms with Gasteiger partial charge in [-0.1, -0.05) is 6.92 Å². The first-order valence-corrected chi connectivity index (χ1v) is 2.37. The van der Waals surface area contributed by atoms with Gasteiger partial charge in [-0.25, -0.2) is 0 Å². The zero-order valence-electron chi connectivity index (χ0n) is 4.53. The number of nitrogens with one attached hydrogen (secondary N) is 1. The quantitative estimate of drug-likeness (QED) is 0.533. The minimum Gasteiger partial charge on any atom is -0.356 e. The summed E-state index contributed by atoms with van der Waals surface area (Å²) in [7, 11) is 0. The lowest BCUT2D eigenvalue weighted by atomic mass is 10.5. The van der Waals surface area contributed by atoms with Gasteiger partial charge in [0.05, 0.1) is 0 Å². The summed E-state index contributed by atoms with van der Waals surface area (Å²) in [5.41, 5.74) is 0. The van der Waals surface area contributed by atoms with Crippen LogP contribution in [0.3, 0.4) is 0 Å². The molecule has 1 amide bonds. The van der Waals surface area contributed by atoms with E-state index in [-0.39, 0.29) is 5.91 Å². The second-order valence-electron chi connectivity index (χ2n) is 1.35. The molecule has 0 heterocycles. The SMILES string of the molecule is [CH2]C(=O)NCCC. The van der Waals surface area contributed by atoms with Crippen molar-refractivity contribution < 1.29 is 4.79 Å². The zero-order valence-corrected chi connectivity index (χ0v) is 4.53. The van der Waals surface area contributed by atoms with Gasteiger partial charge >= 0.3 is 0 Å². The van der Waals surface area contributed by atoms with E-state index in [0.29, 0.717) is 0 Å². The Labute approximate surface area is 43.9 Å². The average Bonchev–Trinajstić information content (AvgIpc) is 1.61. The van der Waals surface area contributed by atoms with Gasteiger partial charge in [-0.2, -0.15) is 0 Å². The molecule has 0 spiro atoms. The highest BCUT2D eigenvalue weighted by Crippen LogP contribution is 1.67. The molecule has 2 heteroatoms. The van der Waals surface area contributed by atoms with E-state index in [1.54, 1.807) is 0 Å².